The zero-order chi connectivity index (χ0) is 11.7. The number of aromatic nitrogens is 2. The van der Waals surface area contributed by atoms with Crippen LogP contribution in [0.1, 0.15) is 0 Å². The second kappa shape index (κ2) is 4.09. The molecule has 0 unspecified atom stereocenters. The number of imidazole rings is 1. The molecule has 4 nitrogen and oxygen atoms in total. The highest BCUT2D eigenvalue weighted by Crippen LogP contribution is 2.15. The molecule has 2 aromatic rings. The molecular formula is C11H14FN3O. The third-order valence-electron chi connectivity index (χ3n) is 2.69. The fraction of sp³-hybridized carbons (Fsp3) is 0.364. The summed E-state index contributed by atoms with van der Waals surface area (Å²) in [6.07, 6.45) is 0. The van der Waals surface area contributed by atoms with Gasteiger partial charge < -0.3 is 5.32 Å². The Morgan fingerprint density at radius 3 is 2.88 bits per heavy atom. The van der Waals surface area contributed by atoms with Crippen LogP contribution in [0, 0.1) is 5.82 Å². The average molecular weight is 223 g/mol. The molecule has 0 bridgehead atoms. The van der Waals surface area contributed by atoms with Crippen LogP contribution in [0.3, 0.4) is 0 Å². The Bertz CT molecular complexity index is 570. The Labute approximate surface area is 92.3 Å². The van der Waals surface area contributed by atoms with E-state index in [1.54, 1.807) is 23.7 Å². The maximum atomic E-state index is 13.6. The molecule has 1 aromatic heterocycles. The number of halogens is 1. The maximum absolute atomic E-state index is 13.6. The van der Waals surface area contributed by atoms with Gasteiger partial charge in [-0.25, -0.2) is 9.18 Å². The van der Waals surface area contributed by atoms with E-state index in [0.717, 1.165) is 0 Å². The van der Waals surface area contributed by atoms with Crippen LogP contribution >= 0.6 is 0 Å². The van der Waals surface area contributed by atoms with E-state index >= 15 is 0 Å². The molecule has 86 valence electrons. The van der Waals surface area contributed by atoms with Gasteiger partial charge in [0.1, 0.15) is 11.3 Å². The molecule has 0 aliphatic rings. The van der Waals surface area contributed by atoms with Gasteiger partial charge in [-0.3, -0.25) is 9.13 Å². The predicted octanol–water partition coefficient (Wildman–Crippen LogP) is 0.698. The first-order valence-electron chi connectivity index (χ1n) is 5.15. The number of rotatable bonds is 3. The van der Waals surface area contributed by atoms with E-state index in [1.165, 1.54) is 10.6 Å². The van der Waals surface area contributed by atoms with Crippen LogP contribution < -0.4 is 11.0 Å². The van der Waals surface area contributed by atoms with Crippen molar-refractivity contribution in [3.05, 3.63) is 34.5 Å². The van der Waals surface area contributed by atoms with E-state index in [-0.39, 0.29) is 11.5 Å². The van der Waals surface area contributed by atoms with Crippen LogP contribution in [-0.2, 0) is 13.6 Å². The quantitative estimate of drug-likeness (QED) is 0.832. The van der Waals surface area contributed by atoms with Crippen LogP contribution in [0.5, 0.6) is 0 Å². The zero-order valence-corrected chi connectivity index (χ0v) is 9.33. The van der Waals surface area contributed by atoms with Gasteiger partial charge in [0.25, 0.3) is 0 Å². The number of nitrogens with zero attached hydrogens (tertiary/aromatic N) is 2. The molecule has 0 atom stereocenters. The molecule has 0 saturated heterocycles. The molecule has 1 heterocycles. The molecule has 0 saturated carbocycles. The molecule has 0 amide bonds. The molecule has 5 heteroatoms. The summed E-state index contributed by atoms with van der Waals surface area (Å²) in [4.78, 5) is 11.9. The minimum Gasteiger partial charge on any atom is -0.318 e. The number of fused-ring (bicyclic) bond motifs is 1. The number of benzene rings is 1. The Balaban J connectivity index is 2.69. The topological polar surface area (TPSA) is 39.0 Å². The number of hydrogen-bond donors (Lipinski definition) is 1. The normalized spacial score (nSPS) is 11.2. The summed E-state index contributed by atoms with van der Waals surface area (Å²) in [6.45, 7) is 1.21. The smallest absolute Gasteiger partial charge is 0.318 e. The Kier molecular flexibility index (Phi) is 2.78. The Hall–Kier alpha value is -1.62. The third kappa shape index (κ3) is 1.53. The zero-order valence-electron chi connectivity index (χ0n) is 9.33. The SMILES string of the molecule is CNCCn1c(=O)n(C)c2c(F)cccc21. The van der Waals surface area contributed by atoms with Crippen molar-refractivity contribution < 1.29 is 4.39 Å². The third-order valence-corrected chi connectivity index (χ3v) is 2.69. The first-order valence-corrected chi connectivity index (χ1v) is 5.15. The lowest BCUT2D eigenvalue weighted by atomic mass is 10.3. The number of aryl methyl sites for hydroxylation is 1. The van der Waals surface area contributed by atoms with E-state index in [9.17, 15) is 9.18 Å². The largest absolute Gasteiger partial charge is 0.328 e. The molecule has 1 aromatic carbocycles. The number of nitrogens with one attached hydrogen (secondary N) is 1. The summed E-state index contributed by atoms with van der Waals surface area (Å²) >= 11 is 0. The number of hydrogen-bond acceptors (Lipinski definition) is 2. The fourth-order valence-corrected chi connectivity index (χ4v) is 1.87. The van der Waals surface area contributed by atoms with Crippen molar-refractivity contribution in [1.82, 2.24) is 14.5 Å². The Morgan fingerprint density at radius 1 is 1.44 bits per heavy atom. The van der Waals surface area contributed by atoms with E-state index in [4.69, 9.17) is 0 Å². The summed E-state index contributed by atoms with van der Waals surface area (Å²) < 4.78 is 16.5. The highest BCUT2D eigenvalue weighted by molar-refractivity contribution is 5.76. The standard InChI is InChI=1S/C11H14FN3O/c1-13-6-7-15-9-5-3-4-8(12)10(9)14(2)11(15)16/h3-5,13H,6-7H2,1-2H3. The second-order valence-corrected chi connectivity index (χ2v) is 3.70. The molecule has 1 N–H and O–H groups in total. The van der Waals surface area contributed by atoms with Crippen molar-refractivity contribution in [2.24, 2.45) is 7.05 Å². The molecule has 2 rings (SSSR count). The predicted molar refractivity (Wildman–Crippen MR) is 61.1 cm³/mol. The second-order valence-electron chi connectivity index (χ2n) is 3.70. The molecule has 0 aliphatic heterocycles. The average Bonchev–Trinajstić information content (AvgIpc) is 2.51. The molecule has 0 aliphatic carbocycles. The fourth-order valence-electron chi connectivity index (χ4n) is 1.87. The first kappa shape index (κ1) is 10.9. The number of likely N-dealkylation sites (N-methyl/N-ethyl adjacent to an activating group) is 1. The van der Waals surface area contributed by atoms with Crippen molar-refractivity contribution in [2.75, 3.05) is 13.6 Å². The minimum absolute atomic E-state index is 0.185. The van der Waals surface area contributed by atoms with Crippen LogP contribution in [0.15, 0.2) is 23.0 Å². The lowest BCUT2D eigenvalue weighted by Gasteiger charge is -2.01. The highest BCUT2D eigenvalue weighted by atomic mass is 19.1. The monoisotopic (exact) mass is 223 g/mol. The van der Waals surface area contributed by atoms with Gasteiger partial charge in [-0.15, -0.1) is 0 Å². The lowest BCUT2D eigenvalue weighted by Crippen LogP contribution is -2.26. The first-order chi connectivity index (χ1) is 7.66. The van der Waals surface area contributed by atoms with Gasteiger partial charge in [0.2, 0.25) is 0 Å². The molecule has 0 radical (unpaired) electrons. The van der Waals surface area contributed by atoms with Crippen LogP contribution in [0.2, 0.25) is 0 Å². The lowest BCUT2D eigenvalue weighted by molar-refractivity contribution is 0.621. The summed E-state index contributed by atoms with van der Waals surface area (Å²) in [5.74, 6) is -0.361. The van der Waals surface area contributed by atoms with E-state index in [0.29, 0.717) is 24.1 Å². The van der Waals surface area contributed by atoms with Gasteiger partial charge in [-0.1, -0.05) is 6.07 Å². The van der Waals surface area contributed by atoms with Crippen molar-refractivity contribution >= 4 is 11.0 Å². The van der Waals surface area contributed by atoms with Crippen molar-refractivity contribution in [2.45, 2.75) is 6.54 Å². The van der Waals surface area contributed by atoms with Gasteiger partial charge in [0, 0.05) is 20.1 Å². The van der Waals surface area contributed by atoms with E-state index < -0.39 is 0 Å². The van der Waals surface area contributed by atoms with Crippen LogP contribution in [0.25, 0.3) is 11.0 Å². The maximum Gasteiger partial charge on any atom is 0.328 e. The van der Waals surface area contributed by atoms with Gasteiger partial charge >= 0.3 is 5.69 Å². The minimum atomic E-state index is -0.361. The van der Waals surface area contributed by atoms with Gasteiger partial charge in [-0.2, -0.15) is 0 Å². The molecular weight excluding hydrogens is 209 g/mol. The Morgan fingerprint density at radius 2 is 2.19 bits per heavy atom. The molecule has 0 fully saturated rings. The van der Waals surface area contributed by atoms with Gasteiger partial charge in [-0.05, 0) is 19.2 Å². The highest BCUT2D eigenvalue weighted by Gasteiger charge is 2.12. The summed E-state index contributed by atoms with van der Waals surface area (Å²) in [5.41, 5.74) is 0.821. The summed E-state index contributed by atoms with van der Waals surface area (Å²) in [6, 6.07) is 4.74. The van der Waals surface area contributed by atoms with Crippen LogP contribution in [-0.4, -0.2) is 22.7 Å². The van der Waals surface area contributed by atoms with Crippen molar-refractivity contribution in [1.29, 1.82) is 0 Å². The van der Waals surface area contributed by atoms with E-state index in [1.807, 2.05) is 7.05 Å². The van der Waals surface area contributed by atoms with Crippen LogP contribution in [0.4, 0.5) is 4.39 Å². The molecule has 16 heavy (non-hydrogen) atoms. The van der Waals surface area contributed by atoms with Gasteiger partial charge in [0.05, 0.1) is 5.52 Å². The van der Waals surface area contributed by atoms with Crippen molar-refractivity contribution in [3.8, 4) is 0 Å². The summed E-state index contributed by atoms with van der Waals surface area (Å²) in [5, 5.41) is 2.97. The number of para-hydroxylation sites is 1. The van der Waals surface area contributed by atoms with E-state index in [2.05, 4.69) is 5.32 Å². The summed E-state index contributed by atoms with van der Waals surface area (Å²) in [7, 11) is 3.40. The van der Waals surface area contributed by atoms with Crippen molar-refractivity contribution in [3.63, 3.8) is 0 Å². The molecule has 0 spiro atoms. The van der Waals surface area contributed by atoms with Gasteiger partial charge in [0.15, 0.2) is 0 Å².